The Kier molecular flexibility index (Phi) is 3.56. The van der Waals surface area contributed by atoms with Crippen LogP contribution >= 0.6 is 11.6 Å². The van der Waals surface area contributed by atoms with Gasteiger partial charge in [-0.1, -0.05) is 24.3 Å². The van der Waals surface area contributed by atoms with E-state index in [-0.39, 0.29) is 29.0 Å². The number of esters is 1. The fraction of sp³-hybridized carbons (Fsp3) is 0.250. The van der Waals surface area contributed by atoms with Gasteiger partial charge in [0, 0.05) is 11.1 Å². The van der Waals surface area contributed by atoms with Crippen LogP contribution in [0.4, 0.5) is 0 Å². The van der Waals surface area contributed by atoms with Crippen LogP contribution in [0.25, 0.3) is 0 Å². The summed E-state index contributed by atoms with van der Waals surface area (Å²) in [5, 5.41) is 2.34. The Hall–Kier alpha value is -2.47. The van der Waals surface area contributed by atoms with Crippen LogP contribution < -0.4 is 5.32 Å². The maximum atomic E-state index is 12.8. The molecule has 6 nitrogen and oxygen atoms in total. The number of alkyl halides is 1. The highest BCUT2D eigenvalue weighted by atomic mass is 35.5. The van der Waals surface area contributed by atoms with Crippen molar-refractivity contribution in [2.75, 3.05) is 12.5 Å². The Bertz CT molecular complexity index is 797. The third kappa shape index (κ3) is 1.88. The summed E-state index contributed by atoms with van der Waals surface area (Å²) in [6, 6.07) is 6.20. The van der Waals surface area contributed by atoms with E-state index in [9.17, 15) is 19.2 Å². The number of benzene rings is 1. The summed E-state index contributed by atoms with van der Waals surface area (Å²) in [5.41, 5.74) is -2.07. The molecule has 0 saturated carbocycles. The maximum absolute atomic E-state index is 12.8. The predicted octanol–water partition coefficient (Wildman–Crippen LogP) is 1.24. The van der Waals surface area contributed by atoms with E-state index in [2.05, 4.69) is 5.32 Å². The number of hydrogen-bond donors (Lipinski definition) is 1. The van der Waals surface area contributed by atoms with E-state index < -0.39 is 34.7 Å². The number of allylic oxidation sites excluding steroid dienone is 1. The molecule has 0 aromatic heterocycles. The molecule has 1 aliphatic heterocycles. The van der Waals surface area contributed by atoms with Gasteiger partial charge in [0.05, 0.1) is 23.8 Å². The van der Waals surface area contributed by atoms with Gasteiger partial charge in [-0.25, -0.2) is 0 Å². The van der Waals surface area contributed by atoms with Crippen LogP contribution in [0, 0.1) is 5.41 Å². The zero-order valence-corrected chi connectivity index (χ0v) is 12.9. The smallest absolute Gasteiger partial charge is 0.327 e. The normalized spacial score (nSPS) is 22.6. The number of ether oxygens (including phenoxy) is 1. The van der Waals surface area contributed by atoms with E-state index in [0.717, 1.165) is 0 Å². The molecule has 1 aromatic rings. The first-order chi connectivity index (χ1) is 11.0. The lowest BCUT2D eigenvalue weighted by atomic mass is 9.75. The number of fused-ring (bicyclic) bond motifs is 1. The topological polar surface area (TPSA) is 89.5 Å². The van der Waals surface area contributed by atoms with E-state index >= 15 is 0 Å². The van der Waals surface area contributed by atoms with E-state index in [1.54, 1.807) is 19.1 Å². The Balaban J connectivity index is 2.24. The molecular formula is C16H12ClNO5. The summed E-state index contributed by atoms with van der Waals surface area (Å²) < 4.78 is 4.93. The van der Waals surface area contributed by atoms with Crippen LogP contribution in [0.3, 0.4) is 0 Å². The number of carbonyl (C=O) groups excluding carboxylic acids is 4. The van der Waals surface area contributed by atoms with Crippen molar-refractivity contribution >= 4 is 35.0 Å². The van der Waals surface area contributed by atoms with Crippen molar-refractivity contribution in [3.05, 3.63) is 46.7 Å². The van der Waals surface area contributed by atoms with Crippen molar-refractivity contribution in [3.8, 4) is 0 Å². The minimum Gasteiger partial charge on any atom is -0.465 e. The van der Waals surface area contributed by atoms with Crippen LogP contribution in [0.2, 0.25) is 0 Å². The average molecular weight is 334 g/mol. The van der Waals surface area contributed by atoms with Gasteiger partial charge in [0.25, 0.3) is 0 Å². The SMILES string of the molecule is CCOC(=O)C1(CCl)C(=O)NC2=C1C(=O)c1ccccc1C2=O. The van der Waals surface area contributed by atoms with Crippen molar-refractivity contribution < 1.29 is 23.9 Å². The van der Waals surface area contributed by atoms with E-state index in [0.29, 0.717) is 0 Å². The first-order valence-electron chi connectivity index (χ1n) is 6.96. The number of hydrogen-bond acceptors (Lipinski definition) is 5. The van der Waals surface area contributed by atoms with Crippen LogP contribution in [-0.2, 0) is 14.3 Å². The Labute approximate surface area is 136 Å². The summed E-state index contributed by atoms with van der Waals surface area (Å²) in [4.78, 5) is 50.1. The van der Waals surface area contributed by atoms with Crippen LogP contribution in [0.15, 0.2) is 35.5 Å². The van der Waals surface area contributed by atoms with Gasteiger partial charge in [0.2, 0.25) is 11.7 Å². The van der Waals surface area contributed by atoms with Gasteiger partial charge in [-0.15, -0.1) is 11.6 Å². The average Bonchev–Trinajstić information content (AvgIpc) is 2.86. The highest BCUT2D eigenvalue weighted by Gasteiger charge is 2.60. The first-order valence-corrected chi connectivity index (χ1v) is 7.50. The van der Waals surface area contributed by atoms with Crippen molar-refractivity contribution in [2.24, 2.45) is 5.41 Å². The molecule has 23 heavy (non-hydrogen) atoms. The third-order valence-electron chi connectivity index (χ3n) is 4.00. The molecule has 7 heteroatoms. The van der Waals surface area contributed by atoms with E-state index in [4.69, 9.17) is 16.3 Å². The summed E-state index contributed by atoms with van der Waals surface area (Å²) >= 11 is 5.89. The fourth-order valence-electron chi connectivity index (χ4n) is 2.87. The minimum absolute atomic E-state index is 0.0199. The second-order valence-corrected chi connectivity index (χ2v) is 5.43. The predicted molar refractivity (Wildman–Crippen MR) is 80.1 cm³/mol. The molecule has 0 radical (unpaired) electrons. The monoisotopic (exact) mass is 333 g/mol. The molecule has 1 N–H and O–H groups in total. The highest BCUT2D eigenvalue weighted by Crippen LogP contribution is 2.43. The Morgan fingerprint density at radius 1 is 1.17 bits per heavy atom. The molecule has 3 rings (SSSR count). The van der Waals surface area contributed by atoms with Crippen LogP contribution in [0.1, 0.15) is 27.6 Å². The van der Waals surface area contributed by atoms with E-state index in [1.165, 1.54) is 12.1 Å². The molecule has 1 heterocycles. The summed E-state index contributed by atoms with van der Waals surface area (Å²) in [6.07, 6.45) is 0. The molecule has 0 fully saturated rings. The molecule has 0 saturated heterocycles. The maximum Gasteiger partial charge on any atom is 0.327 e. The van der Waals surface area contributed by atoms with Crippen molar-refractivity contribution in [1.29, 1.82) is 0 Å². The first kappa shape index (κ1) is 15.4. The third-order valence-corrected chi connectivity index (χ3v) is 4.40. The Morgan fingerprint density at radius 3 is 2.35 bits per heavy atom. The number of carbonyl (C=O) groups is 4. The van der Waals surface area contributed by atoms with Gasteiger partial charge in [0.1, 0.15) is 0 Å². The number of nitrogens with one attached hydrogen (secondary N) is 1. The fourth-order valence-corrected chi connectivity index (χ4v) is 3.23. The molecule has 2 aliphatic rings. The lowest BCUT2D eigenvalue weighted by Gasteiger charge is -2.25. The largest absolute Gasteiger partial charge is 0.465 e. The van der Waals surface area contributed by atoms with Gasteiger partial charge in [0.15, 0.2) is 11.2 Å². The lowest BCUT2D eigenvalue weighted by molar-refractivity contribution is -0.155. The summed E-state index contributed by atoms with van der Waals surface area (Å²) in [6.45, 7) is 1.59. The Morgan fingerprint density at radius 2 is 1.78 bits per heavy atom. The number of rotatable bonds is 3. The number of halogens is 1. The van der Waals surface area contributed by atoms with Crippen molar-refractivity contribution in [1.82, 2.24) is 5.32 Å². The molecule has 1 aliphatic carbocycles. The van der Waals surface area contributed by atoms with Crippen molar-refractivity contribution in [3.63, 3.8) is 0 Å². The van der Waals surface area contributed by atoms with E-state index in [1.807, 2.05) is 0 Å². The zero-order chi connectivity index (χ0) is 16.8. The lowest BCUT2D eigenvalue weighted by Crippen LogP contribution is -2.46. The molecule has 0 spiro atoms. The molecule has 118 valence electrons. The minimum atomic E-state index is -1.99. The summed E-state index contributed by atoms with van der Waals surface area (Å²) in [5.74, 6) is -3.32. The molecular weight excluding hydrogens is 322 g/mol. The van der Waals surface area contributed by atoms with Crippen LogP contribution in [0.5, 0.6) is 0 Å². The molecule has 1 aromatic carbocycles. The standard InChI is InChI=1S/C16H12ClNO5/c1-2-23-15(22)16(7-17)10-11(18-14(16)21)13(20)9-6-4-3-5-8(9)12(10)19/h3-6H,2,7H2,1H3,(H,18,21). The molecule has 0 bridgehead atoms. The molecule has 1 atom stereocenters. The highest BCUT2D eigenvalue weighted by molar-refractivity contribution is 6.36. The van der Waals surface area contributed by atoms with Crippen LogP contribution in [-0.4, -0.2) is 35.9 Å². The quantitative estimate of drug-likeness (QED) is 0.510. The second-order valence-electron chi connectivity index (χ2n) is 5.17. The zero-order valence-electron chi connectivity index (χ0n) is 12.1. The van der Waals surface area contributed by atoms with Gasteiger partial charge >= 0.3 is 5.97 Å². The second kappa shape index (κ2) is 5.31. The molecule has 1 unspecified atom stereocenters. The van der Waals surface area contributed by atoms with Gasteiger partial charge in [-0.05, 0) is 6.92 Å². The van der Waals surface area contributed by atoms with Crippen molar-refractivity contribution in [2.45, 2.75) is 6.92 Å². The van der Waals surface area contributed by atoms with Gasteiger partial charge in [-0.3, -0.25) is 19.2 Å². The number of Topliss-reactive ketones (excluding diaryl/α,β-unsaturated/α-hetero) is 2. The number of ketones is 2. The molecule has 1 amide bonds. The van der Waals surface area contributed by atoms with Gasteiger partial charge < -0.3 is 10.1 Å². The van der Waals surface area contributed by atoms with Gasteiger partial charge in [-0.2, -0.15) is 0 Å². The number of amides is 1. The summed E-state index contributed by atoms with van der Waals surface area (Å²) in [7, 11) is 0.